The average Bonchev–Trinajstić information content (AvgIpc) is 2.21. The number of rotatable bonds is 0. The Balaban J connectivity index is 2.49. The van der Waals surface area contributed by atoms with Gasteiger partial charge in [-0.1, -0.05) is 12.1 Å². The van der Waals surface area contributed by atoms with Gasteiger partial charge in [0.15, 0.2) is 11.5 Å². The fraction of sp³-hybridized carbons (Fsp3) is 0. The molecule has 0 fully saturated rings. The molecule has 58 valence electrons. The standard InChI is InChI=1S/C6H4ClO3P/c7-11(8)9-5-3-1-2-4-6(5)10-11/h1-4H. The van der Waals surface area contributed by atoms with Crippen molar-refractivity contribution < 1.29 is 13.6 Å². The van der Waals surface area contributed by atoms with Gasteiger partial charge in [0, 0.05) is 11.2 Å². The van der Waals surface area contributed by atoms with Crippen LogP contribution in [0.5, 0.6) is 11.5 Å². The third kappa shape index (κ3) is 1.22. The summed E-state index contributed by atoms with van der Waals surface area (Å²) in [6.07, 6.45) is 0. The Bertz CT molecular complexity index is 309. The molecule has 11 heavy (non-hydrogen) atoms. The first-order valence-corrected chi connectivity index (χ1v) is 5.40. The second-order valence-electron chi connectivity index (χ2n) is 2.06. The van der Waals surface area contributed by atoms with Gasteiger partial charge in [0.05, 0.1) is 0 Å². The van der Waals surface area contributed by atoms with Gasteiger partial charge in [0.2, 0.25) is 0 Å². The second kappa shape index (κ2) is 2.16. The zero-order chi connectivity index (χ0) is 7.90. The third-order valence-corrected chi connectivity index (χ3v) is 2.51. The molecule has 0 spiro atoms. The van der Waals surface area contributed by atoms with Crippen LogP contribution in [-0.2, 0) is 4.57 Å². The van der Waals surface area contributed by atoms with E-state index in [0.29, 0.717) is 11.5 Å². The summed E-state index contributed by atoms with van der Waals surface area (Å²) in [7, 11) is 0. The van der Waals surface area contributed by atoms with E-state index in [0.717, 1.165) is 0 Å². The number of benzene rings is 1. The number of halogens is 1. The van der Waals surface area contributed by atoms with Crippen molar-refractivity contribution in [2.45, 2.75) is 0 Å². The Labute approximate surface area is 68.2 Å². The van der Waals surface area contributed by atoms with Gasteiger partial charge in [-0.2, -0.15) is 0 Å². The zero-order valence-electron chi connectivity index (χ0n) is 5.36. The van der Waals surface area contributed by atoms with Gasteiger partial charge in [-0.3, -0.25) is 0 Å². The minimum Gasteiger partial charge on any atom is -0.401 e. The van der Waals surface area contributed by atoms with Crippen LogP contribution in [0.3, 0.4) is 0 Å². The lowest BCUT2D eigenvalue weighted by molar-refractivity contribution is 0.452. The Morgan fingerprint density at radius 3 is 2.09 bits per heavy atom. The molecule has 1 aromatic carbocycles. The third-order valence-electron chi connectivity index (χ3n) is 1.26. The van der Waals surface area contributed by atoms with Crippen LogP contribution in [0.25, 0.3) is 0 Å². The fourth-order valence-electron chi connectivity index (χ4n) is 0.855. The van der Waals surface area contributed by atoms with E-state index < -0.39 is 6.95 Å². The van der Waals surface area contributed by atoms with Crippen LogP contribution in [-0.4, -0.2) is 0 Å². The van der Waals surface area contributed by atoms with Gasteiger partial charge in [-0.05, 0) is 12.1 Å². The number of hydrogen-bond donors (Lipinski definition) is 0. The summed E-state index contributed by atoms with van der Waals surface area (Å²) in [4.78, 5) is 0. The van der Waals surface area contributed by atoms with Gasteiger partial charge in [0.1, 0.15) is 0 Å². The first-order chi connectivity index (χ1) is 5.17. The van der Waals surface area contributed by atoms with E-state index in [9.17, 15) is 4.57 Å². The lowest BCUT2D eigenvalue weighted by Crippen LogP contribution is -1.80. The SMILES string of the molecule is O=P1(Cl)Oc2ccccc2O1. The molecule has 1 aliphatic heterocycles. The summed E-state index contributed by atoms with van der Waals surface area (Å²) in [5.74, 6) is 0.872. The highest BCUT2D eigenvalue weighted by atomic mass is 35.7. The Morgan fingerprint density at radius 2 is 1.64 bits per heavy atom. The van der Waals surface area contributed by atoms with E-state index in [1.165, 1.54) is 0 Å². The molecule has 0 aliphatic carbocycles. The van der Waals surface area contributed by atoms with Crippen LogP contribution in [0.15, 0.2) is 24.3 Å². The molecular weight excluding hydrogens is 186 g/mol. The van der Waals surface area contributed by atoms with Crippen molar-refractivity contribution in [3.8, 4) is 11.5 Å². The summed E-state index contributed by atoms with van der Waals surface area (Å²) in [5.41, 5.74) is 0. The summed E-state index contributed by atoms with van der Waals surface area (Å²) in [6.45, 7) is -3.35. The molecule has 0 saturated heterocycles. The molecule has 1 aromatic rings. The normalized spacial score (nSPS) is 18.3. The molecule has 0 amide bonds. The number of fused-ring (bicyclic) bond motifs is 1. The monoisotopic (exact) mass is 190 g/mol. The predicted octanol–water partition coefficient (Wildman–Crippen LogP) is 2.80. The van der Waals surface area contributed by atoms with Crippen molar-refractivity contribution in [1.82, 2.24) is 0 Å². The summed E-state index contributed by atoms with van der Waals surface area (Å²) in [6, 6.07) is 6.81. The number of hydrogen-bond acceptors (Lipinski definition) is 3. The molecular formula is C6H4ClO3P. The van der Waals surface area contributed by atoms with Gasteiger partial charge in [-0.15, -0.1) is 0 Å². The van der Waals surface area contributed by atoms with Crippen LogP contribution in [0, 0.1) is 0 Å². The topological polar surface area (TPSA) is 35.5 Å². The zero-order valence-corrected chi connectivity index (χ0v) is 7.01. The summed E-state index contributed by atoms with van der Waals surface area (Å²) >= 11 is 5.34. The molecule has 1 aliphatic rings. The molecule has 2 rings (SSSR count). The van der Waals surface area contributed by atoms with Crippen molar-refractivity contribution in [3.63, 3.8) is 0 Å². The van der Waals surface area contributed by atoms with Crippen LogP contribution in [0.1, 0.15) is 0 Å². The first-order valence-electron chi connectivity index (χ1n) is 2.95. The molecule has 5 heteroatoms. The van der Waals surface area contributed by atoms with Gasteiger partial charge in [0.25, 0.3) is 0 Å². The van der Waals surface area contributed by atoms with Crippen molar-refractivity contribution in [1.29, 1.82) is 0 Å². The van der Waals surface area contributed by atoms with Crippen molar-refractivity contribution in [3.05, 3.63) is 24.3 Å². The maximum absolute atomic E-state index is 11.0. The average molecular weight is 191 g/mol. The first kappa shape index (κ1) is 7.01. The van der Waals surface area contributed by atoms with E-state index in [2.05, 4.69) is 0 Å². The minimum absolute atomic E-state index is 0.436. The molecule has 0 radical (unpaired) electrons. The van der Waals surface area contributed by atoms with Crippen molar-refractivity contribution in [2.24, 2.45) is 0 Å². The largest absolute Gasteiger partial charge is 0.530 e. The van der Waals surface area contributed by atoms with Gasteiger partial charge >= 0.3 is 6.95 Å². The Hall–Kier alpha value is -0.660. The highest BCUT2D eigenvalue weighted by Gasteiger charge is 2.33. The van der Waals surface area contributed by atoms with Crippen molar-refractivity contribution in [2.75, 3.05) is 0 Å². The Kier molecular flexibility index (Phi) is 1.38. The van der Waals surface area contributed by atoms with Crippen LogP contribution >= 0.6 is 18.2 Å². The molecule has 0 atom stereocenters. The van der Waals surface area contributed by atoms with Crippen LogP contribution < -0.4 is 9.05 Å². The summed E-state index contributed by atoms with van der Waals surface area (Å²) in [5, 5.41) is 0. The van der Waals surface area contributed by atoms with Crippen LogP contribution in [0.4, 0.5) is 0 Å². The lowest BCUT2D eigenvalue weighted by Gasteiger charge is -1.96. The van der Waals surface area contributed by atoms with Crippen LogP contribution in [0.2, 0.25) is 0 Å². The van der Waals surface area contributed by atoms with E-state index >= 15 is 0 Å². The van der Waals surface area contributed by atoms with E-state index in [1.54, 1.807) is 24.3 Å². The maximum Gasteiger partial charge on any atom is 0.530 e. The molecule has 0 aromatic heterocycles. The highest BCUT2D eigenvalue weighted by Crippen LogP contribution is 2.61. The quantitative estimate of drug-likeness (QED) is 0.590. The molecule has 0 saturated carbocycles. The molecule has 3 nitrogen and oxygen atoms in total. The lowest BCUT2D eigenvalue weighted by atomic mass is 10.3. The molecule has 0 unspecified atom stereocenters. The maximum atomic E-state index is 11.0. The summed E-state index contributed by atoms with van der Waals surface area (Å²) < 4.78 is 20.6. The van der Waals surface area contributed by atoms with Gasteiger partial charge in [-0.25, -0.2) is 4.57 Å². The minimum atomic E-state index is -3.35. The second-order valence-corrected chi connectivity index (χ2v) is 4.53. The van der Waals surface area contributed by atoms with E-state index in [-0.39, 0.29) is 0 Å². The molecule has 1 heterocycles. The number of para-hydroxylation sites is 2. The predicted molar refractivity (Wildman–Crippen MR) is 41.2 cm³/mol. The molecule has 0 N–H and O–H groups in total. The van der Waals surface area contributed by atoms with E-state index in [4.69, 9.17) is 20.3 Å². The fourth-order valence-corrected chi connectivity index (χ4v) is 2.11. The van der Waals surface area contributed by atoms with Gasteiger partial charge < -0.3 is 9.05 Å². The van der Waals surface area contributed by atoms with Crippen molar-refractivity contribution >= 4 is 18.2 Å². The van der Waals surface area contributed by atoms with E-state index in [1.807, 2.05) is 0 Å². The smallest absolute Gasteiger partial charge is 0.401 e. The molecule has 0 bridgehead atoms. The highest BCUT2D eigenvalue weighted by molar-refractivity contribution is 7.82. The Morgan fingerprint density at radius 1 is 1.18 bits per heavy atom.